The molecule has 1 aromatic heterocycles. The van der Waals surface area contributed by atoms with Gasteiger partial charge in [-0.05, 0) is 80.1 Å². The number of halogens is 1. The molecule has 4 aromatic rings. The number of hydrogen-bond acceptors (Lipinski definition) is 5. The highest BCUT2D eigenvalue weighted by atomic mass is 79.9. The molecule has 0 bridgehead atoms. The number of carbonyl (C=O) groups excluding carboxylic acids is 2. The molecule has 4 rings (SSSR count). The summed E-state index contributed by atoms with van der Waals surface area (Å²) >= 11 is 3.36. The molecule has 0 amide bonds. The number of esters is 1. The molecule has 0 atom stereocenters. The van der Waals surface area contributed by atoms with Crippen molar-refractivity contribution in [1.29, 1.82) is 0 Å². The van der Waals surface area contributed by atoms with Crippen molar-refractivity contribution in [2.45, 2.75) is 13.8 Å². The number of hydrogen-bond donors (Lipinski definition) is 0. The lowest BCUT2D eigenvalue weighted by molar-refractivity contribution is 0.0734. The average molecular weight is 505 g/mol. The fourth-order valence-electron chi connectivity index (χ4n) is 3.43. The maximum absolute atomic E-state index is 13.0. The zero-order chi connectivity index (χ0) is 23.4. The van der Waals surface area contributed by atoms with Crippen LogP contribution >= 0.6 is 15.9 Å². The number of allylic oxidation sites excluding steroid dienone is 1. The molecule has 0 aliphatic carbocycles. The fourth-order valence-corrected chi connectivity index (χ4v) is 3.70. The van der Waals surface area contributed by atoms with Crippen molar-refractivity contribution in [2.24, 2.45) is 0 Å². The van der Waals surface area contributed by atoms with Gasteiger partial charge in [-0.1, -0.05) is 34.1 Å². The third-order valence-corrected chi connectivity index (χ3v) is 5.50. The summed E-state index contributed by atoms with van der Waals surface area (Å²) in [5.74, 6) is 0.859. The normalized spacial score (nSPS) is 11.1. The predicted octanol–water partition coefficient (Wildman–Crippen LogP) is 7.02. The standard InChI is InChI=1S/C27H21BrO5/c1-3-31-21-12-14-25-23(16-21)26(17(2)32-25)27(30)33-22-6-4-5-18(15-22)7-13-24(29)19-8-10-20(28)11-9-19/h4-16H,3H2,1-2H3/b13-7+. The summed E-state index contributed by atoms with van der Waals surface area (Å²) in [6.45, 7) is 4.14. The topological polar surface area (TPSA) is 65.7 Å². The van der Waals surface area contributed by atoms with Gasteiger partial charge in [0.1, 0.15) is 28.4 Å². The summed E-state index contributed by atoms with van der Waals surface area (Å²) in [5, 5.41) is 0.639. The van der Waals surface area contributed by atoms with Crippen LogP contribution in [0.5, 0.6) is 11.5 Å². The van der Waals surface area contributed by atoms with E-state index >= 15 is 0 Å². The van der Waals surface area contributed by atoms with Crippen molar-refractivity contribution < 1.29 is 23.5 Å². The summed E-state index contributed by atoms with van der Waals surface area (Å²) in [4.78, 5) is 25.3. The van der Waals surface area contributed by atoms with E-state index in [1.165, 1.54) is 6.08 Å². The molecule has 6 heteroatoms. The fraction of sp³-hybridized carbons (Fsp3) is 0.111. The van der Waals surface area contributed by atoms with Gasteiger partial charge in [0.05, 0.1) is 6.61 Å². The van der Waals surface area contributed by atoms with Crippen LogP contribution in [0.15, 0.2) is 81.7 Å². The molecule has 166 valence electrons. The molecule has 0 N–H and O–H groups in total. The Balaban J connectivity index is 1.53. The number of ketones is 1. The molecular formula is C27H21BrO5. The average Bonchev–Trinajstić information content (AvgIpc) is 3.13. The van der Waals surface area contributed by atoms with Crippen LogP contribution in [0.25, 0.3) is 17.0 Å². The predicted molar refractivity (Wildman–Crippen MR) is 131 cm³/mol. The van der Waals surface area contributed by atoms with Crippen LogP contribution in [0.2, 0.25) is 0 Å². The van der Waals surface area contributed by atoms with Crippen molar-refractivity contribution >= 4 is 44.7 Å². The minimum Gasteiger partial charge on any atom is -0.494 e. The van der Waals surface area contributed by atoms with E-state index < -0.39 is 5.97 Å². The van der Waals surface area contributed by atoms with E-state index in [-0.39, 0.29) is 5.78 Å². The number of benzene rings is 3. The molecule has 33 heavy (non-hydrogen) atoms. The van der Waals surface area contributed by atoms with Gasteiger partial charge in [0.25, 0.3) is 0 Å². The van der Waals surface area contributed by atoms with Gasteiger partial charge in [-0.2, -0.15) is 0 Å². The first-order valence-corrected chi connectivity index (χ1v) is 11.2. The van der Waals surface area contributed by atoms with Gasteiger partial charge in [-0.3, -0.25) is 4.79 Å². The van der Waals surface area contributed by atoms with Crippen molar-refractivity contribution in [3.05, 3.63) is 99.7 Å². The minimum absolute atomic E-state index is 0.115. The molecule has 0 spiro atoms. The maximum atomic E-state index is 13.0. The monoisotopic (exact) mass is 504 g/mol. The van der Waals surface area contributed by atoms with Crippen LogP contribution in [0.4, 0.5) is 0 Å². The Labute approximate surface area is 199 Å². The van der Waals surface area contributed by atoms with Gasteiger partial charge in [0.15, 0.2) is 5.78 Å². The van der Waals surface area contributed by atoms with E-state index in [0.717, 1.165) is 10.0 Å². The van der Waals surface area contributed by atoms with E-state index in [2.05, 4.69) is 15.9 Å². The third-order valence-electron chi connectivity index (χ3n) is 4.98. The first-order chi connectivity index (χ1) is 15.9. The summed E-state index contributed by atoms with van der Waals surface area (Å²) in [6, 6.07) is 19.5. The highest BCUT2D eigenvalue weighted by Gasteiger charge is 2.21. The van der Waals surface area contributed by atoms with Crippen molar-refractivity contribution in [3.63, 3.8) is 0 Å². The molecule has 0 aliphatic heterocycles. The number of fused-ring (bicyclic) bond motifs is 1. The SMILES string of the molecule is CCOc1ccc2oc(C)c(C(=O)Oc3cccc(/C=C/C(=O)c4ccc(Br)cc4)c3)c2c1. The number of aryl methyl sites for hydroxylation is 1. The summed E-state index contributed by atoms with van der Waals surface area (Å²) < 4.78 is 17.8. The van der Waals surface area contributed by atoms with Crippen molar-refractivity contribution in [2.75, 3.05) is 6.61 Å². The van der Waals surface area contributed by atoms with Gasteiger partial charge in [0.2, 0.25) is 0 Å². The largest absolute Gasteiger partial charge is 0.494 e. The van der Waals surface area contributed by atoms with E-state index in [1.807, 2.05) is 25.1 Å². The lowest BCUT2D eigenvalue weighted by Crippen LogP contribution is -2.09. The number of carbonyl (C=O) groups is 2. The van der Waals surface area contributed by atoms with E-state index in [9.17, 15) is 9.59 Å². The molecule has 0 aliphatic rings. The van der Waals surface area contributed by atoms with Crippen LogP contribution in [0, 0.1) is 6.92 Å². The highest BCUT2D eigenvalue weighted by Crippen LogP contribution is 2.30. The Morgan fingerprint density at radius 3 is 2.55 bits per heavy atom. The summed E-state index contributed by atoms with van der Waals surface area (Å²) in [6.07, 6.45) is 3.18. The molecule has 0 radical (unpaired) electrons. The zero-order valence-corrected chi connectivity index (χ0v) is 19.7. The van der Waals surface area contributed by atoms with Gasteiger partial charge < -0.3 is 13.9 Å². The lowest BCUT2D eigenvalue weighted by atomic mass is 10.1. The Morgan fingerprint density at radius 1 is 1.00 bits per heavy atom. The van der Waals surface area contributed by atoms with E-state index in [0.29, 0.717) is 46.0 Å². The van der Waals surface area contributed by atoms with E-state index in [4.69, 9.17) is 13.9 Å². The Hall–Kier alpha value is -3.64. The molecule has 5 nitrogen and oxygen atoms in total. The van der Waals surface area contributed by atoms with Gasteiger partial charge in [0, 0.05) is 15.4 Å². The molecule has 0 unspecified atom stereocenters. The van der Waals surface area contributed by atoms with Crippen LogP contribution in [-0.4, -0.2) is 18.4 Å². The lowest BCUT2D eigenvalue weighted by Gasteiger charge is -2.06. The van der Waals surface area contributed by atoms with Crippen molar-refractivity contribution in [1.82, 2.24) is 0 Å². The minimum atomic E-state index is -0.521. The van der Waals surface area contributed by atoms with Gasteiger partial charge in [-0.25, -0.2) is 4.79 Å². The molecular weight excluding hydrogens is 484 g/mol. The third kappa shape index (κ3) is 5.23. The first kappa shape index (κ1) is 22.6. The highest BCUT2D eigenvalue weighted by molar-refractivity contribution is 9.10. The molecule has 3 aromatic carbocycles. The second-order valence-electron chi connectivity index (χ2n) is 7.29. The molecule has 0 fully saturated rings. The molecule has 1 heterocycles. The second kappa shape index (κ2) is 9.88. The number of rotatable bonds is 7. The Bertz CT molecular complexity index is 1350. The summed E-state index contributed by atoms with van der Waals surface area (Å²) in [7, 11) is 0. The smallest absolute Gasteiger partial charge is 0.347 e. The van der Waals surface area contributed by atoms with Crippen LogP contribution < -0.4 is 9.47 Å². The van der Waals surface area contributed by atoms with Crippen molar-refractivity contribution in [3.8, 4) is 11.5 Å². The van der Waals surface area contributed by atoms with Gasteiger partial charge >= 0.3 is 5.97 Å². The van der Waals surface area contributed by atoms with Crippen LogP contribution in [0.1, 0.15) is 39.0 Å². The second-order valence-corrected chi connectivity index (χ2v) is 8.21. The van der Waals surface area contributed by atoms with E-state index in [1.54, 1.807) is 61.5 Å². The Morgan fingerprint density at radius 2 is 1.79 bits per heavy atom. The summed E-state index contributed by atoms with van der Waals surface area (Å²) in [5.41, 5.74) is 2.27. The number of furan rings is 1. The number of ether oxygens (including phenoxy) is 2. The quantitative estimate of drug-likeness (QED) is 0.117. The van der Waals surface area contributed by atoms with Crippen LogP contribution in [0.3, 0.4) is 0 Å². The maximum Gasteiger partial charge on any atom is 0.347 e. The first-order valence-electron chi connectivity index (χ1n) is 10.4. The molecule has 0 saturated heterocycles. The van der Waals surface area contributed by atoms with Gasteiger partial charge in [-0.15, -0.1) is 0 Å². The molecule has 0 saturated carbocycles. The van der Waals surface area contributed by atoms with Crippen LogP contribution in [-0.2, 0) is 0 Å². The zero-order valence-electron chi connectivity index (χ0n) is 18.1. The Kier molecular flexibility index (Phi) is 6.75.